The summed E-state index contributed by atoms with van der Waals surface area (Å²) in [6.07, 6.45) is -0.0292. The number of hydrogen-bond acceptors (Lipinski definition) is 11. The van der Waals surface area contributed by atoms with Crippen molar-refractivity contribution in [2.75, 3.05) is 32.6 Å². The number of phenolic OH excluding ortho intramolecular Hbond substituents is 1. The third-order valence-corrected chi connectivity index (χ3v) is 7.76. The number of nitrogens with zero attached hydrogens (tertiary/aromatic N) is 3. The zero-order valence-corrected chi connectivity index (χ0v) is 20.7. The highest BCUT2D eigenvalue weighted by Gasteiger charge is 2.64. The number of nitro benzene ring substituents is 1. The maximum atomic E-state index is 13.8. The van der Waals surface area contributed by atoms with Crippen LogP contribution in [-0.4, -0.2) is 87.1 Å². The molecule has 1 saturated carbocycles. The number of carbonyl (C=O) groups is 3. The maximum Gasteiger partial charge on any atom is 0.313 e. The highest BCUT2D eigenvalue weighted by molar-refractivity contribution is 6.24. The molecule has 13 heteroatoms. The molecule has 0 aromatic heterocycles. The molecule has 1 aromatic carbocycles. The van der Waals surface area contributed by atoms with Crippen molar-refractivity contribution in [1.82, 2.24) is 4.90 Å². The first-order valence-corrected chi connectivity index (χ1v) is 11.6. The van der Waals surface area contributed by atoms with Gasteiger partial charge in [-0.1, -0.05) is 0 Å². The van der Waals surface area contributed by atoms with Gasteiger partial charge in [-0.15, -0.1) is 0 Å². The maximum absolute atomic E-state index is 13.8. The van der Waals surface area contributed by atoms with E-state index in [4.69, 9.17) is 5.73 Å². The van der Waals surface area contributed by atoms with Crippen LogP contribution in [-0.2, 0) is 20.8 Å². The summed E-state index contributed by atoms with van der Waals surface area (Å²) in [6.45, 7) is 2.24. The summed E-state index contributed by atoms with van der Waals surface area (Å²) >= 11 is 0. The number of likely N-dealkylation sites (N-methyl/N-ethyl adjacent to an activating group) is 1. The number of anilines is 1. The fraction of sp³-hybridized carbons (Fsp3) is 0.458. The lowest BCUT2D eigenvalue weighted by Crippen LogP contribution is -2.65. The summed E-state index contributed by atoms with van der Waals surface area (Å²) in [5, 5.41) is 56.1. The highest BCUT2D eigenvalue weighted by Crippen LogP contribution is 2.54. The van der Waals surface area contributed by atoms with E-state index in [-0.39, 0.29) is 24.0 Å². The summed E-state index contributed by atoms with van der Waals surface area (Å²) in [6, 6.07) is -0.00214. The predicted molar refractivity (Wildman–Crippen MR) is 130 cm³/mol. The Balaban J connectivity index is 2.03. The van der Waals surface area contributed by atoms with Gasteiger partial charge in [-0.05, 0) is 45.3 Å². The number of Topliss-reactive ketones (excluding diaryl/α,β-unsaturated/α-hetero) is 2. The van der Waals surface area contributed by atoms with Crippen molar-refractivity contribution in [3.8, 4) is 5.75 Å². The second kappa shape index (κ2) is 8.56. The Morgan fingerprint density at radius 1 is 1.24 bits per heavy atom. The molecule has 1 amide bonds. The summed E-state index contributed by atoms with van der Waals surface area (Å²) < 4.78 is 0. The van der Waals surface area contributed by atoms with E-state index in [2.05, 4.69) is 0 Å². The summed E-state index contributed by atoms with van der Waals surface area (Å²) in [4.78, 5) is 52.9. The van der Waals surface area contributed by atoms with Crippen LogP contribution in [0.2, 0.25) is 0 Å². The van der Waals surface area contributed by atoms with E-state index >= 15 is 0 Å². The smallest absolute Gasteiger partial charge is 0.313 e. The van der Waals surface area contributed by atoms with Crippen LogP contribution in [0, 0.1) is 22.0 Å². The molecule has 13 nitrogen and oxygen atoms in total. The largest absolute Gasteiger partial charge is 0.508 e. The number of fused-ring (bicyclic) bond motifs is 3. The Kier molecular flexibility index (Phi) is 6.04. The predicted octanol–water partition coefficient (Wildman–Crippen LogP) is 0.328. The Morgan fingerprint density at radius 2 is 1.86 bits per heavy atom. The number of aliphatic hydroxyl groups is 3. The molecule has 3 aliphatic rings. The molecule has 3 unspecified atom stereocenters. The van der Waals surface area contributed by atoms with E-state index < -0.39 is 74.4 Å². The van der Waals surface area contributed by atoms with E-state index in [9.17, 15) is 44.9 Å². The fourth-order valence-electron chi connectivity index (χ4n) is 5.93. The Hall–Kier alpha value is -3.97. The van der Waals surface area contributed by atoms with Gasteiger partial charge >= 0.3 is 5.69 Å². The fourth-order valence-corrected chi connectivity index (χ4v) is 5.93. The minimum atomic E-state index is -2.77. The van der Waals surface area contributed by atoms with E-state index in [0.29, 0.717) is 17.8 Å². The summed E-state index contributed by atoms with van der Waals surface area (Å²) in [7, 11) is 4.70. The van der Waals surface area contributed by atoms with Gasteiger partial charge in [0.2, 0.25) is 11.5 Å². The molecular weight excluding hydrogens is 488 g/mol. The molecule has 0 spiro atoms. The van der Waals surface area contributed by atoms with Crippen molar-refractivity contribution in [1.29, 1.82) is 0 Å². The van der Waals surface area contributed by atoms with Crippen molar-refractivity contribution in [3.05, 3.63) is 44.2 Å². The number of amides is 1. The number of nitrogens with two attached hydrogens (primary N) is 1. The normalized spacial score (nSPS) is 27.1. The number of aromatic hydroxyl groups is 1. The molecule has 1 aromatic rings. The summed E-state index contributed by atoms with van der Waals surface area (Å²) in [5.41, 5.74) is 0.968. The van der Waals surface area contributed by atoms with Gasteiger partial charge in [0.1, 0.15) is 17.1 Å². The van der Waals surface area contributed by atoms with Gasteiger partial charge < -0.3 is 31.1 Å². The average Bonchev–Trinajstić information content (AvgIpc) is 2.80. The number of benzene rings is 1. The topological polar surface area (TPSA) is 208 Å². The molecule has 4 atom stereocenters. The number of ketones is 2. The zero-order valence-electron chi connectivity index (χ0n) is 20.7. The summed E-state index contributed by atoms with van der Waals surface area (Å²) in [5.74, 6) is -8.14. The molecular formula is C24H28N4O9. The Labute approximate surface area is 211 Å². The van der Waals surface area contributed by atoms with Crippen LogP contribution < -0.4 is 10.6 Å². The van der Waals surface area contributed by atoms with Gasteiger partial charge in [0.15, 0.2) is 11.4 Å². The van der Waals surface area contributed by atoms with E-state index in [0.717, 1.165) is 0 Å². The number of hydrogen-bond donors (Lipinski definition) is 5. The van der Waals surface area contributed by atoms with Crippen molar-refractivity contribution in [2.24, 2.45) is 17.6 Å². The van der Waals surface area contributed by atoms with Crippen molar-refractivity contribution in [2.45, 2.75) is 31.4 Å². The first-order chi connectivity index (χ1) is 17.2. The van der Waals surface area contributed by atoms with Gasteiger partial charge in [-0.2, -0.15) is 0 Å². The lowest BCUT2D eigenvalue weighted by Gasteiger charge is -2.50. The SMILES string of the molecule is CCN(C)c1cc([N+](=O)[O-])c(O)c2c1CC1CC3[C@H](N(C)C)C(=O)C(C(N)=O)=C(O)C3(O)C(=O)C1=C2O. The lowest BCUT2D eigenvalue weighted by molar-refractivity contribution is -0.385. The molecule has 0 aliphatic heterocycles. The van der Waals surface area contributed by atoms with Gasteiger partial charge in [0.05, 0.1) is 16.5 Å². The van der Waals surface area contributed by atoms with Crippen molar-refractivity contribution >= 4 is 34.6 Å². The van der Waals surface area contributed by atoms with Gasteiger partial charge in [0, 0.05) is 36.8 Å². The standard InChI is InChI=1S/C24H28N4O9/c1-5-27(4)12-8-13(28(36)37)18(29)15-10(12)6-9-7-11-17(26(2)3)20(31)16(23(25)34)22(33)24(11,35)21(32)14(9)19(15)30/h8-9,11,17,29-30,33,35H,5-7H2,1-4H3,(H2,25,34)/t9?,11?,17-,24?/m0/s1. The minimum Gasteiger partial charge on any atom is -0.508 e. The Morgan fingerprint density at radius 3 is 2.38 bits per heavy atom. The first kappa shape index (κ1) is 26.1. The van der Waals surface area contributed by atoms with Gasteiger partial charge in [-0.25, -0.2) is 0 Å². The second-order valence-electron chi connectivity index (χ2n) is 9.85. The minimum absolute atomic E-state index is 0.0414. The number of phenols is 1. The molecule has 0 heterocycles. The van der Waals surface area contributed by atoms with E-state index in [1.165, 1.54) is 25.1 Å². The molecule has 0 radical (unpaired) electrons. The molecule has 37 heavy (non-hydrogen) atoms. The van der Waals surface area contributed by atoms with Gasteiger partial charge in [0.25, 0.3) is 5.91 Å². The number of aliphatic hydroxyl groups excluding tert-OH is 2. The van der Waals surface area contributed by atoms with Crippen LogP contribution in [0.1, 0.15) is 24.5 Å². The monoisotopic (exact) mass is 516 g/mol. The molecule has 3 aliphatic carbocycles. The van der Waals surface area contributed by atoms with E-state index in [1.54, 1.807) is 18.9 Å². The third kappa shape index (κ3) is 3.41. The van der Waals surface area contributed by atoms with Crippen LogP contribution in [0.15, 0.2) is 23.0 Å². The van der Waals surface area contributed by atoms with Crippen LogP contribution in [0.3, 0.4) is 0 Å². The highest BCUT2D eigenvalue weighted by atomic mass is 16.6. The number of carbonyl (C=O) groups excluding carboxylic acids is 3. The van der Waals surface area contributed by atoms with Crippen LogP contribution in [0.25, 0.3) is 5.76 Å². The molecule has 0 saturated heterocycles. The molecule has 1 fully saturated rings. The van der Waals surface area contributed by atoms with E-state index in [1.807, 2.05) is 0 Å². The lowest BCUT2D eigenvalue weighted by atomic mass is 9.57. The Bertz CT molecular complexity index is 1330. The zero-order chi connectivity index (χ0) is 27.7. The first-order valence-electron chi connectivity index (χ1n) is 11.6. The number of rotatable bonds is 5. The number of nitro groups is 1. The molecule has 4 rings (SSSR count). The second-order valence-corrected chi connectivity index (χ2v) is 9.85. The van der Waals surface area contributed by atoms with Crippen LogP contribution in [0.5, 0.6) is 5.75 Å². The quantitative estimate of drug-likeness (QED) is 0.205. The third-order valence-electron chi connectivity index (χ3n) is 7.76. The number of primary amides is 1. The van der Waals surface area contributed by atoms with Crippen molar-refractivity contribution in [3.63, 3.8) is 0 Å². The molecule has 6 N–H and O–H groups in total. The van der Waals surface area contributed by atoms with Crippen LogP contribution in [0.4, 0.5) is 11.4 Å². The van der Waals surface area contributed by atoms with Gasteiger partial charge in [-0.3, -0.25) is 29.4 Å². The molecule has 0 bridgehead atoms. The average molecular weight is 517 g/mol. The van der Waals surface area contributed by atoms with Crippen LogP contribution >= 0.6 is 0 Å². The van der Waals surface area contributed by atoms with Crippen molar-refractivity contribution < 1.29 is 39.7 Å². The molecule has 198 valence electrons.